The smallest absolute Gasteiger partial charge is 0.0822 e. The second-order valence-corrected chi connectivity index (χ2v) is 5.56. The molecule has 2 aromatic heterocycles. The third-order valence-corrected chi connectivity index (χ3v) is 3.74. The van der Waals surface area contributed by atoms with E-state index >= 15 is 0 Å². The van der Waals surface area contributed by atoms with Crippen LogP contribution in [0.25, 0.3) is 0 Å². The Balaban J connectivity index is 2.11. The molecule has 0 spiro atoms. The van der Waals surface area contributed by atoms with Gasteiger partial charge in [0.05, 0.1) is 10.5 Å². The molecule has 1 atom stereocenters. The Labute approximate surface area is 121 Å². The van der Waals surface area contributed by atoms with E-state index in [4.69, 9.17) is 0 Å². The summed E-state index contributed by atoms with van der Waals surface area (Å²) >= 11 is 3.49. The van der Waals surface area contributed by atoms with E-state index in [1.54, 1.807) is 0 Å². The van der Waals surface area contributed by atoms with Crippen molar-refractivity contribution >= 4 is 15.9 Å². The minimum atomic E-state index is 0.209. The van der Waals surface area contributed by atoms with E-state index in [2.05, 4.69) is 75.3 Å². The molecule has 0 aliphatic rings. The summed E-state index contributed by atoms with van der Waals surface area (Å²) in [6.45, 7) is 2.08. The van der Waals surface area contributed by atoms with Crippen LogP contribution in [0.2, 0.25) is 0 Å². The van der Waals surface area contributed by atoms with Crippen LogP contribution in [0.5, 0.6) is 0 Å². The topological polar surface area (TPSA) is 31.6 Å². The number of nitrogens with one attached hydrogen (secondary N) is 2. The van der Waals surface area contributed by atoms with E-state index in [1.807, 2.05) is 12.1 Å². The minimum absolute atomic E-state index is 0.209. The van der Waals surface area contributed by atoms with Gasteiger partial charge < -0.3 is 9.97 Å². The number of hydrogen-bond donors (Lipinski definition) is 2. The largest absolute Gasteiger partial charge is 0.362 e. The number of rotatable bonds is 3. The Morgan fingerprint density at radius 1 is 0.842 bits per heavy atom. The SMILES string of the molecule is Cc1ccc(C(c2ccccc2)c2ccc(Br)[nH]2)[nH]1. The van der Waals surface area contributed by atoms with E-state index in [9.17, 15) is 0 Å². The summed E-state index contributed by atoms with van der Waals surface area (Å²) in [4.78, 5) is 6.83. The fourth-order valence-corrected chi connectivity index (χ4v) is 2.78. The zero-order valence-electron chi connectivity index (χ0n) is 10.7. The predicted molar refractivity (Wildman–Crippen MR) is 81.4 cm³/mol. The van der Waals surface area contributed by atoms with Crippen molar-refractivity contribution in [2.24, 2.45) is 0 Å². The molecule has 0 fully saturated rings. The van der Waals surface area contributed by atoms with Crippen molar-refractivity contribution < 1.29 is 0 Å². The predicted octanol–water partition coefficient (Wildman–Crippen LogP) is 4.59. The number of aromatic amines is 2. The van der Waals surface area contributed by atoms with Gasteiger partial charge in [0, 0.05) is 17.1 Å². The zero-order chi connectivity index (χ0) is 13.2. The third kappa shape index (κ3) is 2.51. The summed E-state index contributed by atoms with van der Waals surface area (Å²) in [7, 11) is 0. The lowest BCUT2D eigenvalue weighted by Crippen LogP contribution is -2.04. The molecule has 0 aliphatic carbocycles. The maximum atomic E-state index is 3.49. The van der Waals surface area contributed by atoms with Gasteiger partial charge in [-0.05, 0) is 52.7 Å². The molecule has 0 saturated carbocycles. The second-order valence-electron chi connectivity index (χ2n) is 4.70. The number of aryl methyl sites for hydroxylation is 1. The van der Waals surface area contributed by atoms with E-state index < -0.39 is 0 Å². The van der Waals surface area contributed by atoms with E-state index in [1.165, 1.54) is 22.6 Å². The molecule has 2 nitrogen and oxygen atoms in total. The molecular formula is C16H15BrN2. The van der Waals surface area contributed by atoms with Crippen LogP contribution in [0.3, 0.4) is 0 Å². The van der Waals surface area contributed by atoms with Gasteiger partial charge in [0.25, 0.3) is 0 Å². The van der Waals surface area contributed by atoms with Gasteiger partial charge in [0.15, 0.2) is 0 Å². The quantitative estimate of drug-likeness (QED) is 0.708. The van der Waals surface area contributed by atoms with Crippen LogP contribution in [0.1, 0.15) is 28.6 Å². The molecule has 0 radical (unpaired) electrons. The Morgan fingerprint density at radius 3 is 2.11 bits per heavy atom. The van der Waals surface area contributed by atoms with Crippen LogP contribution in [0.15, 0.2) is 59.2 Å². The monoisotopic (exact) mass is 314 g/mol. The molecule has 0 aliphatic heterocycles. The summed E-state index contributed by atoms with van der Waals surface area (Å²) < 4.78 is 1.01. The van der Waals surface area contributed by atoms with Crippen molar-refractivity contribution in [3.63, 3.8) is 0 Å². The molecule has 0 bridgehead atoms. The van der Waals surface area contributed by atoms with Crippen molar-refractivity contribution in [1.82, 2.24) is 9.97 Å². The molecular weight excluding hydrogens is 300 g/mol. The number of H-pyrrole nitrogens is 2. The number of hydrogen-bond acceptors (Lipinski definition) is 0. The molecule has 3 aromatic rings. The first-order valence-electron chi connectivity index (χ1n) is 6.29. The summed E-state index contributed by atoms with van der Waals surface area (Å²) in [5, 5.41) is 0. The normalized spacial score (nSPS) is 12.5. The average Bonchev–Trinajstić information content (AvgIpc) is 3.01. The first-order valence-corrected chi connectivity index (χ1v) is 7.08. The minimum Gasteiger partial charge on any atom is -0.362 e. The maximum Gasteiger partial charge on any atom is 0.0822 e. The van der Waals surface area contributed by atoms with Crippen LogP contribution < -0.4 is 0 Å². The highest BCUT2D eigenvalue weighted by atomic mass is 79.9. The first-order chi connectivity index (χ1) is 9.24. The van der Waals surface area contributed by atoms with Crippen molar-refractivity contribution in [3.8, 4) is 0 Å². The molecule has 3 rings (SSSR count). The highest BCUT2D eigenvalue weighted by Crippen LogP contribution is 2.31. The van der Waals surface area contributed by atoms with Crippen LogP contribution in [-0.2, 0) is 0 Å². The molecule has 3 heteroatoms. The highest BCUT2D eigenvalue weighted by Gasteiger charge is 2.19. The summed E-state index contributed by atoms with van der Waals surface area (Å²) in [5.41, 5.74) is 4.85. The molecule has 1 aromatic carbocycles. The van der Waals surface area contributed by atoms with E-state index in [0.717, 1.165) is 4.60 Å². The number of aromatic nitrogens is 2. The van der Waals surface area contributed by atoms with Crippen LogP contribution in [0, 0.1) is 6.92 Å². The van der Waals surface area contributed by atoms with Gasteiger partial charge in [0.1, 0.15) is 0 Å². The van der Waals surface area contributed by atoms with Gasteiger partial charge >= 0.3 is 0 Å². The van der Waals surface area contributed by atoms with Crippen LogP contribution >= 0.6 is 15.9 Å². The van der Waals surface area contributed by atoms with Gasteiger partial charge in [-0.1, -0.05) is 30.3 Å². The average molecular weight is 315 g/mol. The lowest BCUT2D eigenvalue weighted by atomic mass is 9.93. The fourth-order valence-electron chi connectivity index (χ4n) is 2.42. The second kappa shape index (κ2) is 5.10. The highest BCUT2D eigenvalue weighted by molar-refractivity contribution is 9.10. The fraction of sp³-hybridized carbons (Fsp3) is 0.125. The zero-order valence-corrected chi connectivity index (χ0v) is 12.2. The van der Waals surface area contributed by atoms with Crippen molar-refractivity contribution in [1.29, 1.82) is 0 Å². The van der Waals surface area contributed by atoms with E-state index in [-0.39, 0.29) is 5.92 Å². The Kier molecular flexibility index (Phi) is 3.30. The Morgan fingerprint density at radius 2 is 1.53 bits per heavy atom. The van der Waals surface area contributed by atoms with Gasteiger partial charge in [-0.25, -0.2) is 0 Å². The third-order valence-electron chi connectivity index (χ3n) is 3.28. The van der Waals surface area contributed by atoms with Crippen LogP contribution in [-0.4, -0.2) is 9.97 Å². The van der Waals surface area contributed by atoms with Crippen molar-refractivity contribution in [2.75, 3.05) is 0 Å². The molecule has 1 unspecified atom stereocenters. The Bertz CT molecular complexity index is 627. The number of halogens is 1. The summed E-state index contributed by atoms with van der Waals surface area (Å²) in [5.74, 6) is 0.209. The lowest BCUT2D eigenvalue weighted by molar-refractivity contribution is 0.889. The van der Waals surface area contributed by atoms with Crippen LogP contribution in [0.4, 0.5) is 0 Å². The van der Waals surface area contributed by atoms with E-state index in [0.29, 0.717) is 0 Å². The van der Waals surface area contributed by atoms with Crippen molar-refractivity contribution in [2.45, 2.75) is 12.8 Å². The summed E-state index contributed by atoms with van der Waals surface area (Å²) in [6, 6.07) is 19.0. The van der Waals surface area contributed by atoms with Gasteiger partial charge in [0.2, 0.25) is 0 Å². The molecule has 0 amide bonds. The maximum absolute atomic E-state index is 3.49. The standard InChI is InChI=1S/C16H15BrN2/c1-11-7-8-13(18-11)16(12-5-3-2-4-6-12)14-9-10-15(17)19-14/h2-10,16,18-19H,1H3. The van der Waals surface area contributed by atoms with Gasteiger partial charge in [-0.3, -0.25) is 0 Å². The first kappa shape index (κ1) is 12.3. The molecule has 2 heterocycles. The molecule has 96 valence electrons. The Hall–Kier alpha value is -1.74. The lowest BCUT2D eigenvalue weighted by Gasteiger charge is -2.15. The molecule has 0 saturated heterocycles. The summed E-state index contributed by atoms with van der Waals surface area (Å²) in [6.07, 6.45) is 0. The van der Waals surface area contributed by atoms with Gasteiger partial charge in [-0.2, -0.15) is 0 Å². The molecule has 2 N–H and O–H groups in total. The number of benzene rings is 1. The van der Waals surface area contributed by atoms with Gasteiger partial charge in [-0.15, -0.1) is 0 Å². The molecule has 19 heavy (non-hydrogen) atoms. The van der Waals surface area contributed by atoms with Crippen molar-refractivity contribution in [3.05, 3.63) is 81.8 Å².